The fourth-order valence-electron chi connectivity index (χ4n) is 3.85. The molecule has 0 amide bonds. The van der Waals surface area contributed by atoms with E-state index in [1.54, 1.807) is 6.07 Å². The Morgan fingerprint density at radius 2 is 1.52 bits per heavy atom. The van der Waals surface area contributed by atoms with Gasteiger partial charge in [-0.3, -0.25) is 4.79 Å². The number of phenols is 3. The molecule has 3 rings (SSSR count). The molecule has 0 radical (unpaired) electrons. The molecule has 3 N–H and O–H groups in total. The summed E-state index contributed by atoms with van der Waals surface area (Å²) in [5, 5.41) is 31.9. The number of allylic oxidation sites excluding steroid dienone is 6. The van der Waals surface area contributed by atoms with E-state index in [0.29, 0.717) is 23.8 Å². The van der Waals surface area contributed by atoms with Crippen molar-refractivity contribution in [2.45, 2.75) is 60.3 Å². The van der Waals surface area contributed by atoms with Crippen molar-refractivity contribution in [1.29, 1.82) is 0 Å². The van der Waals surface area contributed by atoms with Crippen LogP contribution in [0.25, 0.3) is 21.9 Å². The Bertz CT molecular complexity index is 1340. The fraction of sp³-hybridized carbons (Fsp3) is 0.321. The van der Waals surface area contributed by atoms with E-state index in [2.05, 4.69) is 19.9 Å². The predicted octanol–water partition coefficient (Wildman–Crippen LogP) is 6.81. The van der Waals surface area contributed by atoms with E-state index in [1.165, 1.54) is 23.3 Å². The summed E-state index contributed by atoms with van der Waals surface area (Å²) < 4.78 is 5.86. The Hall–Kier alpha value is -3.47. The van der Waals surface area contributed by atoms with Crippen LogP contribution < -0.4 is 5.43 Å². The highest BCUT2D eigenvalue weighted by atomic mass is 16.3. The molecule has 1 aromatic heterocycles. The second-order valence-corrected chi connectivity index (χ2v) is 9.07. The molecule has 0 saturated carbocycles. The van der Waals surface area contributed by atoms with Gasteiger partial charge in [0, 0.05) is 17.7 Å². The predicted molar refractivity (Wildman–Crippen MR) is 134 cm³/mol. The molecule has 0 aliphatic heterocycles. The van der Waals surface area contributed by atoms with Gasteiger partial charge in [0.2, 0.25) is 5.43 Å². The molecule has 0 aliphatic carbocycles. The van der Waals surface area contributed by atoms with Crippen LogP contribution in [0.5, 0.6) is 17.2 Å². The largest absolute Gasteiger partial charge is 0.508 e. The molecule has 2 aromatic carbocycles. The number of fused-ring (bicyclic) bond motifs is 2. The molecule has 0 bridgehead atoms. The van der Waals surface area contributed by atoms with Gasteiger partial charge in [-0.05, 0) is 71.9 Å². The number of hydrogen-bond donors (Lipinski definition) is 3. The molecule has 3 aromatic rings. The van der Waals surface area contributed by atoms with E-state index < -0.39 is 0 Å². The highest BCUT2D eigenvalue weighted by Gasteiger charge is 2.20. The van der Waals surface area contributed by atoms with Crippen molar-refractivity contribution in [3.63, 3.8) is 0 Å². The van der Waals surface area contributed by atoms with E-state index >= 15 is 0 Å². The van der Waals surface area contributed by atoms with E-state index in [0.717, 1.165) is 18.4 Å². The Labute approximate surface area is 194 Å². The van der Waals surface area contributed by atoms with E-state index in [1.807, 2.05) is 32.9 Å². The number of aromatic hydroxyl groups is 3. The number of benzene rings is 2. The van der Waals surface area contributed by atoms with Gasteiger partial charge in [-0.25, -0.2) is 0 Å². The lowest BCUT2D eigenvalue weighted by molar-refractivity contribution is 0.443. The van der Waals surface area contributed by atoms with Gasteiger partial charge in [-0.15, -0.1) is 0 Å². The summed E-state index contributed by atoms with van der Waals surface area (Å²) in [6.45, 7) is 10.0. The van der Waals surface area contributed by atoms with Crippen LogP contribution in [0.15, 0.2) is 62.4 Å². The third kappa shape index (κ3) is 5.48. The van der Waals surface area contributed by atoms with Gasteiger partial charge in [-0.1, -0.05) is 34.9 Å². The van der Waals surface area contributed by atoms with Crippen LogP contribution in [-0.2, 0) is 12.8 Å². The fourth-order valence-corrected chi connectivity index (χ4v) is 3.85. The van der Waals surface area contributed by atoms with Crippen LogP contribution in [0.1, 0.15) is 58.6 Å². The van der Waals surface area contributed by atoms with Crippen molar-refractivity contribution in [3.05, 3.63) is 74.5 Å². The average molecular weight is 449 g/mol. The third-order valence-corrected chi connectivity index (χ3v) is 5.66. The molecule has 1 heterocycles. The Balaban J connectivity index is 2.15. The maximum absolute atomic E-state index is 13.5. The highest BCUT2D eigenvalue weighted by molar-refractivity contribution is 5.96. The molecule has 5 nitrogen and oxygen atoms in total. The van der Waals surface area contributed by atoms with Crippen LogP contribution in [0.2, 0.25) is 0 Å². The molecule has 33 heavy (non-hydrogen) atoms. The van der Waals surface area contributed by atoms with E-state index in [-0.39, 0.29) is 44.8 Å². The molecule has 0 atom stereocenters. The lowest BCUT2D eigenvalue weighted by atomic mass is 9.99. The van der Waals surface area contributed by atoms with Crippen LogP contribution in [-0.4, -0.2) is 15.3 Å². The summed E-state index contributed by atoms with van der Waals surface area (Å²) in [6.07, 6.45) is 8.71. The van der Waals surface area contributed by atoms with E-state index in [4.69, 9.17) is 4.42 Å². The molecule has 0 spiro atoms. The first kappa shape index (κ1) is 24.2. The van der Waals surface area contributed by atoms with Gasteiger partial charge in [0.1, 0.15) is 33.8 Å². The SMILES string of the molecule is CC(C)=CCC/C(C)=C/Cc1cc(O)cc2oc3cc(O)c(CC=C(C)C)c(O)c3c(=O)c12. The van der Waals surface area contributed by atoms with Crippen molar-refractivity contribution >= 4 is 21.9 Å². The molecule has 174 valence electrons. The van der Waals surface area contributed by atoms with Gasteiger partial charge in [-0.2, -0.15) is 0 Å². The summed E-state index contributed by atoms with van der Waals surface area (Å²) in [6, 6.07) is 4.30. The minimum Gasteiger partial charge on any atom is -0.508 e. The number of phenolic OH excluding ortho intramolecular Hbond substituents is 3. The van der Waals surface area contributed by atoms with Crippen molar-refractivity contribution in [1.82, 2.24) is 0 Å². The number of rotatable bonds is 7. The molecule has 0 unspecified atom stereocenters. The molecule has 0 fully saturated rings. The maximum Gasteiger partial charge on any atom is 0.204 e. The van der Waals surface area contributed by atoms with Crippen molar-refractivity contribution in [2.24, 2.45) is 0 Å². The zero-order valence-corrected chi connectivity index (χ0v) is 20.0. The van der Waals surface area contributed by atoms with Gasteiger partial charge in [0.05, 0.1) is 5.39 Å². The van der Waals surface area contributed by atoms with Crippen LogP contribution in [0, 0.1) is 0 Å². The third-order valence-electron chi connectivity index (χ3n) is 5.66. The van der Waals surface area contributed by atoms with Crippen LogP contribution >= 0.6 is 0 Å². The first-order chi connectivity index (χ1) is 15.6. The van der Waals surface area contributed by atoms with E-state index in [9.17, 15) is 20.1 Å². The van der Waals surface area contributed by atoms with Gasteiger partial charge in [0.15, 0.2) is 0 Å². The van der Waals surface area contributed by atoms with Crippen molar-refractivity contribution < 1.29 is 19.7 Å². The van der Waals surface area contributed by atoms with Crippen LogP contribution in [0.3, 0.4) is 0 Å². The van der Waals surface area contributed by atoms with Gasteiger partial charge < -0.3 is 19.7 Å². The average Bonchev–Trinajstić information content (AvgIpc) is 2.70. The Morgan fingerprint density at radius 1 is 0.848 bits per heavy atom. The zero-order valence-electron chi connectivity index (χ0n) is 20.0. The van der Waals surface area contributed by atoms with Crippen LogP contribution in [0.4, 0.5) is 0 Å². The summed E-state index contributed by atoms with van der Waals surface area (Å²) in [5.41, 5.74) is 4.32. The molecule has 0 aliphatic rings. The summed E-state index contributed by atoms with van der Waals surface area (Å²) in [5.74, 6) is -0.426. The second kappa shape index (κ2) is 9.99. The minimum atomic E-state index is -0.382. The summed E-state index contributed by atoms with van der Waals surface area (Å²) >= 11 is 0. The molecule has 0 saturated heterocycles. The standard InChI is InChI=1S/C28H32O5/c1-16(2)7-6-8-18(5)10-11-19-13-20(29)14-23-25(19)28(32)26-24(33-23)15-22(30)21(27(26)31)12-9-17(3)4/h7,9-10,13-15,29-31H,6,8,11-12H2,1-5H3/b18-10+. The summed E-state index contributed by atoms with van der Waals surface area (Å²) in [7, 11) is 0. The second-order valence-electron chi connectivity index (χ2n) is 9.07. The van der Waals surface area contributed by atoms with Gasteiger partial charge >= 0.3 is 0 Å². The first-order valence-corrected chi connectivity index (χ1v) is 11.2. The highest BCUT2D eigenvalue weighted by Crippen LogP contribution is 2.37. The van der Waals surface area contributed by atoms with Crippen molar-refractivity contribution in [2.75, 3.05) is 0 Å². The Kier molecular flexibility index (Phi) is 7.32. The maximum atomic E-state index is 13.5. The van der Waals surface area contributed by atoms with Crippen molar-refractivity contribution in [3.8, 4) is 17.2 Å². The summed E-state index contributed by atoms with van der Waals surface area (Å²) in [4.78, 5) is 13.5. The lowest BCUT2D eigenvalue weighted by Gasteiger charge is -2.11. The molecule has 5 heteroatoms. The molecular formula is C28H32O5. The lowest BCUT2D eigenvalue weighted by Crippen LogP contribution is -2.06. The minimum absolute atomic E-state index is 0.00998. The van der Waals surface area contributed by atoms with Gasteiger partial charge in [0.25, 0.3) is 0 Å². The zero-order chi connectivity index (χ0) is 24.3. The Morgan fingerprint density at radius 3 is 2.18 bits per heavy atom. The first-order valence-electron chi connectivity index (χ1n) is 11.2. The quantitative estimate of drug-likeness (QED) is 0.273. The monoisotopic (exact) mass is 448 g/mol. The topological polar surface area (TPSA) is 90.9 Å². The smallest absolute Gasteiger partial charge is 0.204 e. The number of hydrogen-bond acceptors (Lipinski definition) is 5. The molecular weight excluding hydrogens is 416 g/mol. The normalized spacial score (nSPS) is 11.7.